The van der Waals surface area contributed by atoms with Crippen molar-refractivity contribution in [3.8, 4) is 28.6 Å². The van der Waals surface area contributed by atoms with Gasteiger partial charge in [-0.3, -0.25) is 4.90 Å². The van der Waals surface area contributed by atoms with Gasteiger partial charge in [0.1, 0.15) is 19.0 Å². The summed E-state index contributed by atoms with van der Waals surface area (Å²) in [6, 6.07) is 13.7. The molecular weight excluding hydrogens is 358 g/mol. The third-order valence-corrected chi connectivity index (χ3v) is 4.36. The van der Waals surface area contributed by atoms with Crippen molar-refractivity contribution in [2.75, 3.05) is 26.9 Å². The van der Waals surface area contributed by atoms with E-state index in [1.807, 2.05) is 56.4 Å². The van der Waals surface area contributed by atoms with E-state index in [-0.39, 0.29) is 0 Å². The summed E-state index contributed by atoms with van der Waals surface area (Å²) in [4.78, 5) is 6.62. The summed E-state index contributed by atoms with van der Waals surface area (Å²) in [7, 11) is 2.01. The van der Waals surface area contributed by atoms with Gasteiger partial charge in [-0.05, 0) is 55.9 Å². The SMILES string of the molecule is CCOc1ccc(-c2noc(CN(C)Cc3ccc4c(c3)OCCO4)n2)cc1. The van der Waals surface area contributed by atoms with Crippen LogP contribution in [0.1, 0.15) is 18.4 Å². The standard InChI is InChI=1S/C21H23N3O4/c1-3-25-17-7-5-16(6-8-17)21-22-20(28-23-21)14-24(2)13-15-4-9-18-19(12-15)27-11-10-26-18/h4-9,12H,3,10-11,13-14H2,1-2H3. The number of benzene rings is 2. The van der Waals surface area contributed by atoms with E-state index < -0.39 is 0 Å². The first-order valence-corrected chi connectivity index (χ1v) is 9.34. The predicted octanol–water partition coefficient (Wildman–Crippen LogP) is 3.54. The zero-order chi connectivity index (χ0) is 19.3. The molecule has 2 aromatic carbocycles. The fourth-order valence-corrected chi connectivity index (χ4v) is 3.09. The second kappa shape index (κ2) is 8.31. The molecule has 0 amide bonds. The molecule has 1 aliphatic heterocycles. The Balaban J connectivity index is 1.38. The van der Waals surface area contributed by atoms with Crippen LogP contribution in [0.5, 0.6) is 17.2 Å². The normalized spacial score (nSPS) is 13.0. The molecule has 0 N–H and O–H groups in total. The van der Waals surface area contributed by atoms with E-state index in [4.69, 9.17) is 18.7 Å². The molecule has 0 unspecified atom stereocenters. The number of aromatic nitrogens is 2. The number of rotatable bonds is 7. The average Bonchev–Trinajstić information content (AvgIpc) is 3.17. The quantitative estimate of drug-likeness (QED) is 0.620. The van der Waals surface area contributed by atoms with Crippen LogP contribution in [0, 0.1) is 0 Å². The lowest BCUT2D eigenvalue weighted by Crippen LogP contribution is -2.18. The van der Waals surface area contributed by atoms with Crippen molar-refractivity contribution in [1.29, 1.82) is 0 Å². The van der Waals surface area contributed by atoms with E-state index >= 15 is 0 Å². The molecule has 0 fully saturated rings. The Labute approximate surface area is 163 Å². The Kier molecular flexibility index (Phi) is 5.43. The highest BCUT2D eigenvalue weighted by Crippen LogP contribution is 2.31. The van der Waals surface area contributed by atoms with Crippen LogP contribution < -0.4 is 14.2 Å². The molecule has 0 radical (unpaired) electrons. The molecule has 3 aromatic rings. The highest BCUT2D eigenvalue weighted by Gasteiger charge is 2.14. The minimum atomic E-state index is 0.554. The minimum Gasteiger partial charge on any atom is -0.494 e. The summed E-state index contributed by atoms with van der Waals surface area (Å²) in [5, 5.41) is 4.09. The van der Waals surface area contributed by atoms with Crippen molar-refractivity contribution in [2.45, 2.75) is 20.0 Å². The van der Waals surface area contributed by atoms with Crippen molar-refractivity contribution in [2.24, 2.45) is 0 Å². The minimum absolute atomic E-state index is 0.554. The highest BCUT2D eigenvalue weighted by atomic mass is 16.6. The fraction of sp³-hybridized carbons (Fsp3) is 0.333. The first-order valence-electron chi connectivity index (χ1n) is 9.34. The van der Waals surface area contributed by atoms with Crippen molar-refractivity contribution < 1.29 is 18.7 Å². The zero-order valence-corrected chi connectivity index (χ0v) is 16.1. The van der Waals surface area contributed by atoms with Gasteiger partial charge in [0.25, 0.3) is 0 Å². The Bertz CT molecular complexity index is 924. The van der Waals surface area contributed by atoms with Gasteiger partial charge in [0.05, 0.1) is 13.2 Å². The number of ether oxygens (including phenoxy) is 3. The van der Waals surface area contributed by atoms with Crippen LogP contribution in [-0.2, 0) is 13.1 Å². The fourth-order valence-electron chi connectivity index (χ4n) is 3.09. The van der Waals surface area contributed by atoms with Crippen molar-refractivity contribution in [3.63, 3.8) is 0 Å². The van der Waals surface area contributed by atoms with Crippen molar-refractivity contribution >= 4 is 0 Å². The van der Waals surface area contributed by atoms with Gasteiger partial charge in [0.15, 0.2) is 11.5 Å². The molecule has 2 heterocycles. The smallest absolute Gasteiger partial charge is 0.241 e. The maximum absolute atomic E-state index is 5.65. The largest absolute Gasteiger partial charge is 0.494 e. The molecule has 1 aliphatic rings. The molecule has 0 aliphatic carbocycles. The van der Waals surface area contributed by atoms with E-state index in [1.165, 1.54) is 0 Å². The number of nitrogens with zero attached hydrogens (tertiary/aromatic N) is 3. The Morgan fingerprint density at radius 1 is 1.00 bits per heavy atom. The summed E-state index contributed by atoms with van der Waals surface area (Å²) in [5.74, 6) is 3.58. The van der Waals surface area contributed by atoms with Gasteiger partial charge in [-0.2, -0.15) is 4.98 Å². The van der Waals surface area contributed by atoms with Gasteiger partial charge in [0.2, 0.25) is 11.7 Å². The van der Waals surface area contributed by atoms with Gasteiger partial charge in [-0.15, -0.1) is 0 Å². The maximum Gasteiger partial charge on any atom is 0.241 e. The van der Waals surface area contributed by atoms with Crippen LogP contribution in [-0.4, -0.2) is 41.9 Å². The lowest BCUT2D eigenvalue weighted by atomic mass is 10.2. The van der Waals surface area contributed by atoms with Crippen molar-refractivity contribution in [1.82, 2.24) is 15.0 Å². The molecule has 0 saturated carbocycles. The topological polar surface area (TPSA) is 69.9 Å². The molecule has 0 saturated heterocycles. The van der Waals surface area contributed by atoms with Crippen LogP contribution in [0.3, 0.4) is 0 Å². The summed E-state index contributed by atoms with van der Waals surface area (Å²) in [6.45, 7) is 5.07. The van der Waals surface area contributed by atoms with Gasteiger partial charge in [-0.1, -0.05) is 11.2 Å². The van der Waals surface area contributed by atoms with Gasteiger partial charge in [0, 0.05) is 12.1 Å². The molecule has 0 bridgehead atoms. The van der Waals surface area contributed by atoms with E-state index in [0.29, 0.717) is 38.1 Å². The molecule has 1 aromatic heterocycles. The molecule has 0 spiro atoms. The molecule has 7 nitrogen and oxygen atoms in total. The second-order valence-electron chi connectivity index (χ2n) is 6.62. The van der Waals surface area contributed by atoms with Crippen molar-refractivity contribution in [3.05, 3.63) is 53.9 Å². The third-order valence-electron chi connectivity index (χ3n) is 4.36. The number of hydrogen-bond donors (Lipinski definition) is 0. The summed E-state index contributed by atoms with van der Waals surface area (Å²) >= 11 is 0. The van der Waals surface area contributed by atoms with E-state index in [2.05, 4.69) is 15.0 Å². The van der Waals surface area contributed by atoms with E-state index in [9.17, 15) is 0 Å². The third kappa shape index (κ3) is 4.26. The predicted molar refractivity (Wildman–Crippen MR) is 104 cm³/mol. The lowest BCUT2D eigenvalue weighted by molar-refractivity contribution is 0.171. The van der Waals surface area contributed by atoms with Crippen LogP contribution in [0.15, 0.2) is 47.0 Å². The Morgan fingerprint density at radius 2 is 1.79 bits per heavy atom. The van der Waals surface area contributed by atoms with Crippen LogP contribution in [0.4, 0.5) is 0 Å². The van der Waals surface area contributed by atoms with Crippen LogP contribution in [0.2, 0.25) is 0 Å². The lowest BCUT2D eigenvalue weighted by Gasteiger charge is -2.20. The molecule has 146 valence electrons. The molecule has 4 rings (SSSR count). The van der Waals surface area contributed by atoms with Crippen LogP contribution in [0.25, 0.3) is 11.4 Å². The van der Waals surface area contributed by atoms with Gasteiger partial charge in [-0.25, -0.2) is 0 Å². The van der Waals surface area contributed by atoms with Gasteiger partial charge >= 0.3 is 0 Å². The maximum atomic E-state index is 5.65. The molecule has 7 heteroatoms. The molecule has 0 atom stereocenters. The number of fused-ring (bicyclic) bond motifs is 1. The zero-order valence-electron chi connectivity index (χ0n) is 16.1. The summed E-state index contributed by atoms with van der Waals surface area (Å²) < 4.78 is 22.1. The first-order chi connectivity index (χ1) is 13.7. The molecular formula is C21H23N3O4. The summed E-state index contributed by atoms with van der Waals surface area (Å²) in [6.07, 6.45) is 0. The summed E-state index contributed by atoms with van der Waals surface area (Å²) in [5.41, 5.74) is 2.03. The van der Waals surface area contributed by atoms with Gasteiger partial charge < -0.3 is 18.7 Å². The number of hydrogen-bond acceptors (Lipinski definition) is 7. The Morgan fingerprint density at radius 3 is 2.57 bits per heavy atom. The highest BCUT2D eigenvalue weighted by molar-refractivity contribution is 5.55. The first kappa shape index (κ1) is 18.3. The van der Waals surface area contributed by atoms with E-state index in [1.54, 1.807) is 0 Å². The van der Waals surface area contributed by atoms with Crippen LogP contribution >= 0.6 is 0 Å². The average molecular weight is 381 g/mol. The van der Waals surface area contributed by atoms with E-state index in [0.717, 1.165) is 34.9 Å². The Hall–Kier alpha value is -3.06. The monoisotopic (exact) mass is 381 g/mol. The second-order valence-corrected chi connectivity index (χ2v) is 6.62. The molecule has 28 heavy (non-hydrogen) atoms.